The van der Waals surface area contributed by atoms with Crippen LogP contribution in [0.4, 0.5) is 5.69 Å². The van der Waals surface area contributed by atoms with Crippen molar-refractivity contribution < 1.29 is 4.79 Å². The van der Waals surface area contributed by atoms with Crippen LogP contribution in [0.15, 0.2) is 39.6 Å². The van der Waals surface area contributed by atoms with E-state index in [1.165, 1.54) is 0 Å². The molecule has 1 aromatic carbocycles. The van der Waals surface area contributed by atoms with E-state index in [1.807, 2.05) is 12.1 Å². The predicted molar refractivity (Wildman–Crippen MR) is 85.8 cm³/mol. The number of aryl methyl sites for hydroxylation is 2. The van der Waals surface area contributed by atoms with Crippen LogP contribution in [0.25, 0.3) is 0 Å². The second-order valence-corrected chi connectivity index (χ2v) is 6.10. The number of rotatable bonds is 2. The van der Waals surface area contributed by atoms with Gasteiger partial charge in [0, 0.05) is 15.9 Å². The molecule has 0 saturated carbocycles. The van der Waals surface area contributed by atoms with Gasteiger partial charge >= 0.3 is 0 Å². The highest BCUT2D eigenvalue weighted by molar-refractivity contribution is 9.10. The lowest BCUT2D eigenvalue weighted by Gasteiger charge is -2.15. The minimum atomic E-state index is -0.369. The zero-order valence-electron chi connectivity index (χ0n) is 11.4. The van der Waals surface area contributed by atoms with Crippen molar-refractivity contribution >= 4 is 27.5 Å². The summed E-state index contributed by atoms with van der Waals surface area (Å²) < 4.78 is 0.937. The van der Waals surface area contributed by atoms with Crippen molar-refractivity contribution in [3.8, 4) is 0 Å². The number of pyridine rings is 1. The van der Waals surface area contributed by atoms with E-state index in [-0.39, 0.29) is 17.0 Å². The van der Waals surface area contributed by atoms with E-state index in [0.29, 0.717) is 5.69 Å². The number of benzene rings is 1. The number of fused-ring (bicyclic) bond motifs is 1. The number of anilines is 1. The molecule has 5 heteroatoms. The molecule has 2 aromatic rings. The van der Waals surface area contributed by atoms with Gasteiger partial charge in [0.05, 0.1) is 0 Å². The van der Waals surface area contributed by atoms with Gasteiger partial charge in [0.15, 0.2) is 0 Å². The quantitative estimate of drug-likeness (QED) is 0.876. The molecular formula is C16H15BrN2O2. The Balaban J connectivity index is 1.87. The summed E-state index contributed by atoms with van der Waals surface area (Å²) in [5, 5.41) is 2.75. The molecule has 1 heterocycles. The van der Waals surface area contributed by atoms with Gasteiger partial charge in [-0.3, -0.25) is 9.59 Å². The first-order chi connectivity index (χ1) is 10.1. The Morgan fingerprint density at radius 1 is 1.14 bits per heavy atom. The maximum atomic E-state index is 12.3. The Hall–Kier alpha value is -1.88. The van der Waals surface area contributed by atoms with Gasteiger partial charge in [-0.15, -0.1) is 0 Å². The van der Waals surface area contributed by atoms with Crippen molar-refractivity contribution in [3.63, 3.8) is 0 Å². The van der Waals surface area contributed by atoms with Crippen LogP contribution in [0.2, 0.25) is 0 Å². The Labute approximate surface area is 130 Å². The minimum Gasteiger partial charge on any atom is -0.325 e. The van der Waals surface area contributed by atoms with E-state index in [9.17, 15) is 9.59 Å². The molecule has 21 heavy (non-hydrogen) atoms. The second-order valence-electron chi connectivity index (χ2n) is 5.18. The number of halogens is 1. The van der Waals surface area contributed by atoms with Crippen molar-refractivity contribution in [2.45, 2.75) is 25.7 Å². The number of hydrogen-bond donors (Lipinski definition) is 2. The number of H-pyrrole nitrogens is 1. The number of carbonyl (C=O) groups excluding carboxylic acids is 1. The third kappa shape index (κ3) is 3.08. The van der Waals surface area contributed by atoms with Gasteiger partial charge in [0.1, 0.15) is 5.56 Å². The number of nitrogens with one attached hydrogen (secondary N) is 2. The third-order valence-corrected chi connectivity index (χ3v) is 4.21. The van der Waals surface area contributed by atoms with E-state index in [4.69, 9.17) is 0 Å². The molecule has 0 atom stereocenters. The van der Waals surface area contributed by atoms with E-state index in [1.54, 1.807) is 18.2 Å². The fraction of sp³-hybridized carbons (Fsp3) is 0.250. The molecule has 2 N–H and O–H groups in total. The molecule has 1 aliphatic rings. The predicted octanol–water partition coefficient (Wildman–Crippen LogP) is 3.27. The Morgan fingerprint density at radius 2 is 1.86 bits per heavy atom. The molecule has 0 fully saturated rings. The summed E-state index contributed by atoms with van der Waals surface area (Å²) in [6, 6.07) is 8.99. The maximum absolute atomic E-state index is 12.3. The third-order valence-electron chi connectivity index (χ3n) is 3.68. The first-order valence-corrected chi connectivity index (χ1v) is 7.75. The van der Waals surface area contributed by atoms with Gasteiger partial charge in [-0.05, 0) is 61.6 Å². The van der Waals surface area contributed by atoms with E-state index in [2.05, 4.69) is 26.2 Å². The molecule has 0 aliphatic heterocycles. The van der Waals surface area contributed by atoms with Crippen LogP contribution in [-0.4, -0.2) is 10.9 Å². The Kier molecular flexibility index (Phi) is 3.92. The van der Waals surface area contributed by atoms with Crippen molar-refractivity contribution in [1.82, 2.24) is 4.98 Å². The topological polar surface area (TPSA) is 62.0 Å². The first kappa shape index (κ1) is 14.1. The monoisotopic (exact) mass is 346 g/mol. The fourth-order valence-electron chi connectivity index (χ4n) is 2.58. The summed E-state index contributed by atoms with van der Waals surface area (Å²) in [4.78, 5) is 27.2. The second kappa shape index (κ2) is 5.85. The number of carbonyl (C=O) groups is 1. The lowest BCUT2D eigenvalue weighted by molar-refractivity contribution is 0.102. The highest BCUT2D eigenvalue weighted by atomic mass is 79.9. The average Bonchev–Trinajstić information content (AvgIpc) is 2.49. The standard InChI is InChI=1S/C16H15BrN2O2/c17-11-5-7-12(8-6-11)18-15(20)13-9-10-3-1-2-4-14(10)19-16(13)21/h5-9H,1-4H2,(H,18,20)(H,19,21). The molecule has 108 valence electrons. The van der Waals surface area contributed by atoms with Crippen molar-refractivity contribution in [1.29, 1.82) is 0 Å². The zero-order valence-corrected chi connectivity index (χ0v) is 13.0. The van der Waals surface area contributed by atoms with E-state index in [0.717, 1.165) is 41.4 Å². The summed E-state index contributed by atoms with van der Waals surface area (Å²) in [6.45, 7) is 0. The van der Waals surface area contributed by atoms with Crippen LogP contribution in [0.1, 0.15) is 34.5 Å². The minimum absolute atomic E-state index is 0.179. The number of aromatic nitrogens is 1. The largest absolute Gasteiger partial charge is 0.325 e. The van der Waals surface area contributed by atoms with Gasteiger partial charge in [-0.2, -0.15) is 0 Å². The van der Waals surface area contributed by atoms with Crippen LogP contribution < -0.4 is 10.9 Å². The van der Waals surface area contributed by atoms with Crippen molar-refractivity contribution in [3.05, 3.63) is 62.0 Å². The Bertz CT molecular complexity index is 735. The van der Waals surface area contributed by atoms with Crippen LogP contribution >= 0.6 is 15.9 Å². The summed E-state index contributed by atoms with van der Waals surface area (Å²) in [5.74, 6) is -0.369. The molecule has 0 spiro atoms. The normalized spacial score (nSPS) is 13.6. The molecule has 1 aliphatic carbocycles. The van der Waals surface area contributed by atoms with Gasteiger partial charge in [0.25, 0.3) is 11.5 Å². The highest BCUT2D eigenvalue weighted by Gasteiger charge is 2.17. The molecule has 1 amide bonds. The van der Waals surface area contributed by atoms with E-state index >= 15 is 0 Å². The summed E-state index contributed by atoms with van der Waals surface area (Å²) >= 11 is 3.34. The van der Waals surface area contributed by atoms with Crippen molar-refractivity contribution in [2.75, 3.05) is 5.32 Å². The van der Waals surface area contributed by atoms with E-state index < -0.39 is 0 Å². The molecule has 0 bridgehead atoms. The molecule has 3 rings (SSSR count). The zero-order chi connectivity index (χ0) is 14.8. The van der Waals surface area contributed by atoms with Crippen LogP contribution in [0, 0.1) is 0 Å². The number of aromatic amines is 1. The van der Waals surface area contributed by atoms with Gasteiger partial charge < -0.3 is 10.3 Å². The van der Waals surface area contributed by atoms with Crippen LogP contribution in [0.5, 0.6) is 0 Å². The molecule has 4 nitrogen and oxygen atoms in total. The summed E-state index contributed by atoms with van der Waals surface area (Å²) in [5.41, 5.74) is 2.59. The van der Waals surface area contributed by atoms with Crippen LogP contribution in [0.3, 0.4) is 0 Å². The van der Waals surface area contributed by atoms with Crippen LogP contribution in [-0.2, 0) is 12.8 Å². The maximum Gasteiger partial charge on any atom is 0.261 e. The fourth-order valence-corrected chi connectivity index (χ4v) is 2.84. The molecule has 0 radical (unpaired) electrons. The van der Waals surface area contributed by atoms with Gasteiger partial charge in [-0.25, -0.2) is 0 Å². The summed E-state index contributed by atoms with van der Waals surface area (Å²) in [7, 11) is 0. The van der Waals surface area contributed by atoms with Crippen molar-refractivity contribution in [2.24, 2.45) is 0 Å². The molecule has 1 aromatic heterocycles. The Morgan fingerprint density at radius 3 is 2.62 bits per heavy atom. The highest BCUT2D eigenvalue weighted by Crippen LogP contribution is 2.19. The number of amides is 1. The first-order valence-electron chi connectivity index (χ1n) is 6.95. The summed E-state index contributed by atoms with van der Waals surface area (Å²) in [6.07, 6.45) is 4.00. The molecule has 0 unspecified atom stereocenters. The molecular weight excluding hydrogens is 332 g/mol. The molecule has 0 saturated heterocycles. The SMILES string of the molecule is O=C(Nc1ccc(Br)cc1)c1cc2c([nH]c1=O)CCCC2. The lowest BCUT2D eigenvalue weighted by atomic mass is 9.95. The number of hydrogen-bond acceptors (Lipinski definition) is 2. The van der Waals surface area contributed by atoms with Gasteiger partial charge in [-0.1, -0.05) is 15.9 Å². The average molecular weight is 347 g/mol. The smallest absolute Gasteiger partial charge is 0.261 e. The lowest BCUT2D eigenvalue weighted by Crippen LogP contribution is -2.26. The van der Waals surface area contributed by atoms with Gasteiger partial charge in [0.2, 0.25) is 0 Å².